The van der Waals surface area contributed by atoms with Gasteiger partial charge in [0.25, 0.3) is 0 Å². The molecule has 3 aromatic rings. The summed E-state index contributed by atoms with van der Waals surface area (Å²) in [6, 6.07) is 11.4. The number of amides is 1. The van der Waals surface area contributed by atoms with Crippen LogP contribution in [-0.2, 0) is 11.2 Å². The van der Waals surface area contributed by atoms with Gasteiger partial charge >= 0.3 is 6.09 Å². The Labute approximate surface area is 205 Å². The van der Waals surface area contributed by atoms with Crippen LogP contribution < -0.4 is 14.8 Å². The van der Waals surface area contributed by atoms with Crippen LogP contribution in [0.2, 0.25) is 0 Å². The maximum atomic E-state index is 12.2. The zero-order chi connectivity index (χ0) is 25.6. The van der Waals surface area contributed by atoms with E-state index < -0.39 is 17.2 Å². The molecule has 0 fully saturated rings. The van der Waals surface area contributed by atoms with Crippen molar-refractivity contribution in [3.8, 4) is 11.5 Å². The summed E-state index contributed by atoms with van der Waals surface area (Å²) in [6.07, 6.45) is 4.30. The number of rotatable bonds is 9. The third-order valence-corrected chi connectivity index (χ3v) is 5.41. The van der Waals surface area contributed by atoms with Crippen molar-refractivity contribution in [3.63, 3.8) is 0 Å². The van der Waals surface area contributed by atoms with Crippen LogP contribution in [0, 0.1) is 0 Å². The summed E-state index contributed by atoms with van der Waals surface area (Å²) >= 11 is 0. The molecule has 0 unspecified atom stereocenters. The first-order valence-corrected chi connectivity index (χ1v) is 11.5. The Bertz CT molecular complexity index is 1190. The van der Waals surface area contributed by atoms with E-state index in [1.165, 1.54) is 0 Å². The number of nitrogens with zero attached hydrogens (tertiary/aromatic N) is 1. The summed E-state index contributed by atoms with van der Waals surface area (Å²) in [6.45, 7) is 6.99. The number of carbonyl (C=O) groups excluding carboxylic acids is 1. The quantitative estimate of drug-likeness (QED) is 0.431. The van der Waals surface area contributed by atoms with Gasteiger partial charge in [0.1, 0.15) is 11.1 Å². The normalized spacial score (nSPS) is 13.6. The second kappa shape index (κ2) is 10.8. The molecule has 0 aliphatic heterocycles. The first-order valence-electron chi connectivity index (χ1n) is 11.5. The number of aryl methyl sites for hydroxylation is 1. The maximum absolute atomic E-state index is 12.2. The minimum atomic E-state index is -0.811. The molecule has 1 aromatic heterocycles. The topological polar surface area (TPSA) is 103 Å². The first-order chi connectivity index (χ1) is 16.5. The fourth-order valence-electron chi connectivity index (χ4n) is 3.49. The van der Waals surface area contributed by atoms with E-state index in [1.54, 1.807) is 48.0 Å². The van der Waals surface area contributed by atoms with E-state index in [4.69, 9.17) is 18.6 Å². The van der Waals surface area contributed by atoms with Gasteiger partial charge < -0.3 is 29.1 Å². The number of nitrogens with one attached hydrogen (secondary N) is 1. The molecule has 0 saturated heterocycles. The van der Waals surface area contributed by atoms with Gasteiger partial charge in [-0.15, -0.1) is 0 Å². The summed E-state index contributed by atoms with van der Waals surface area (Å²) in [5.74, 6) is 1.80. The van der Waals surface area contributed by atoms with E-state index in [1.807, 2.05) is 42.5 Å². The highest BCUT2D eigenvalue weighted by Crippen LogP contribution is 2.28. The van der Waals surface area contributed by atoms with Crippen LogP contribution in [-0.4, -0.2) is 48.2 Å². The van der Waals surface area contributed by atoms with Gasteiger partial charge in [0.05, 0.1) is 26.4 Å². The molecule has 35 heavy (non-hydrogen) atoms. The predicted octanol–water partition coefficient (Wildman–Crippen LogP) is 5.22. The molecule has 1 amide bonds. The van der Waals surface area contributed by atoms with Crippen LogP contribution in [0.3, 0.4) is 0 Å². The molecule has 3 rings (SSSR count). The fraction of sp³-hybridized carbons (Fsp3) is 0.407. The summed E-state index contributed by atoms with van der Waals surface area (Å²) in [7, 11) is 3.20. The predicted molar refractivity (Wildman–Crippen MR) is 136 cm³/mol. The van der Waals surface area contributed by atoms with Crippen molar-refractivity contribution in [1.82, 2.24) is 10.3 Å². The SMILES string of the molecule is COc1ccc(/C=C/c2nc3cc(CC[C@](C)(CO)NC(=O)OC(C)(C)C)ccc3o2)cc1OC. The Hall–Kier alpha value is -3.52. The van der Waals surface area contributed by atoms with Crippen LogP contribution in [0.1, 0.15) is 51.1 Å². The lowest BCUT2D eigenvalue weighted by Crippen LogP contribution is -2.50. The lowest BCUT2D eigenvalue weighted by atomic mass is 9.94. The van der Waals surface area contributed by atoms with E-state index in [-0.39, 0.29) is 6.61 Å². The van der Waals surface area contributed by atoms with Crippen LogP contribution >= 0.6 is 0 Å². The molecule has 1 heterocycles. The minimum Gasteiger partial charge on any atom is -0.493 e. The van der Waals surface area contributed by atoms with Crippen molar-refractivity contribution >= 4 is 29.3 Å². The average Bonchev–Trinajstić information content (AvgIpc) is 3.22. The fourth-order valence-corrected chi connectivity index (χ4v) is 3.49. The standard InChI is InChI=1S/C27H34N2O6/c1-26(2,3)35-25(31)29-27(4,17-30)14-13-19-7-10-21-20(15-19)28-24(34-21)12-9-18-8-11-22(32-5)23(16-18)33-6/h7-12,15-16,30H,13-14,17H2,1-6H3,(H,29,31)/b12-9+/t27-/m1/s1. The van der Waals surface area contributed by atoms with Crippen molar-refractivity contribution in [2.75, 3.05) is 20.8 Å². The summed E-state index contributed by atoms with van der Waals surface area (Å²) < 4.78 is 21.8. The van der Waals surface area contributed by atoms with Gasteiger partial charge in [-0.2, -0.15) is 0 Å². The molecule has 0 aliphatic rings. The number of alkyl carbamates (subject to hydrolysis) is 1. The number of oxazole rings is 1. The van der Waals surface area contributed by atoms with Gasteiger partial charge in [0, 0.05) is 6.08 Å². The van der Waals surface area contributed by atoms with E-state index in [9.17, 15) is 9.90 Å². The zero-order valence-corrected chi connectivity index (χ0v) is 21.2. The van der Waals surface area contributed by atoms with Crippen molar-refractivity contribution in [3.05, 3.63) is 53.4 Å². The Kier molecular flexibility index (Phi) is 8.07. The maximum Gasteiger partial charge on any atom is 0.408 e. The van der Waals surface area contributed by atoms with Crippen molar-refractivity contribution in [1.29, 1.82) is 0 Å². The second-order valence-electron chi connectivity index (χ2n) is 9.65. The number of hydrogen-bond donors (Lipinski definition) is 2. The third-order valence-electron chi connectivity index (χ3n) is 5.41. The van der Waals surface area contributed by atoms with Gasteiger partial charge in [-0.3, -0.25) is 0 Å². The van der Waals surface area contributed by atoms with E-state index in [0.29, 0.717) is 35.8 Å². The van der Waals surface area contributed by atoms with Crippen molar-refractivity contribution in [2.24, 2.45) is 0 Å². The summed E-state index contributed by atoms with van der Waals surface area (Å²) in [5, 5.41) is 12.7. The molecule has 0 spiro atoms. The average molecular weight is 483 g/mol. The van der Waals surface area contributed by atoms with Gasteiger partial charge in [-0.1, -0.05) is 12.1 Å². The van der Waals surface area contributed by atoms with Crippen LogP contribution in [0.25, 0.3) is 23.3 Å². The number of hydrogen-bond acceptors (Lipinski definition) is 7. The molecule has 0 radical (unpaired) electrons. The highest BCUT2D eigenvalue weighted by Gasteiger charge is 2.28. The highest BCUT2D eigenvalue weighted by atomic mass is 16.6. The first kappa shape index (κ1) is 26.1. The van der Waals surface area contributed by atoms with Crippen LogP contribution in [0.15, 0.2) is 40.8 Å². The lowest BCUT2D eigenvalue weighted by Gasteiger charge is -2.30. The monoisotopic (exact) mass is 482 g/mol. The smallest absolute Gasteiger partial charge is 0.408 e. The number of benzene rings is 2. The third kappa shape index (κ3) is 7.23. The number of fused-ring (bicyclic) bond motifs is 1. The molecule has 2 aromatic carbocycles. The number of ether oxygens (including phenoxy) is 3. The van der Waals surface area contributed by atoms with Gasteiger partial charge in [-0.05, 0) is 82.0 Å². The van der Waals surface area contributed by atoms with Crippen LogP contribution in [0.5, 0.6) is 11.5 Å². The second-order valence-corrected chi connectivity index (χ2v) is 9.65. The number of aromatic nitrogens is 1. The molecule has 8 nitrogen and oxygen atoms in total. The molecule has 0 saturated carbocycles. The van der Waals surface area contributed by atoms with Gasteiger partial charge in [0.15, 0.2) is 17.1 Å². The molecule has 188 valence electrons. The summed E-state index contributed by atoms with van der Waals surface area (Å²) in [4.78, 5) is 16.7. The Balaban J connectivity index is 1.68. The Morgan fingerprint density at radius 1 is 1.06 bits per heavy atom. The Morgan fingerprint density at radius 3 is 2.46 bits per heavy atom. The molecule has 0 bridgehead atoms. The number of aliphatic hydroxyl groups is 1. The van der Waals surface area contributed by atoms with E-state index in [2.05, 4.69) is 10.3 Å². The molecule has 8 heteroatoms. The van der Waals surface area contributed by atoms with Gasteiger partial charge in [0.2, 0.25) is 5.89 Å². The molecular formula is C27H34N2O6. The van der Waals surface area contributed by atoms with E-state index in [0.717, 1.165) is 16.6 Å². The van der Waals surface area contributed by atoms with Gasteiger partial charge in [-0.25, -0.2) is 9.78 Å². The summed E-state index contributed by atoms with van der Waals surface area (Å²) in [5.41, 5.74) is 1.94. The van der Waals surface area contributed by atoms with Crippen LogP contribution in [0.4, 0.5) is 4.79 Å². The lowest BCUT2D eigenvalue weighted by molar-refractivity contribution is 0.0407. The molecular weight excluding hydrogens is 448 g/mol. The largest absolute Gasteiger partial charge is 0.493 e. The van der Waals surface area contributed by atoms with Crippen molar-refractivity contribution < 1.29 is 28.5 Å². The van der Waals surface area contributed by atoms with E-state index >= 15 is 0 Å². The molecule has 2 N–H and O–H groups in total. The number of methoxy groups -OCH3 is 2. The minimum absolute atomic E-state index is 0.205. The highest BCUT2D eigenvalue weighted by molar-refractivity contribution is 5.77. The molecule has 0 aliphatic carbocycles. The Morgan fingerprint density at radius 2 is 1.80 bits per heavy atom. The van der Waals surface area contributed by atoms with Crippen molar-refractivity contribution in [2.45, 2.75) is 51.7 Å². The number of carbonyl (C=O) groups is 1. The zero-order valence-electron chi connectivity index (χ0n) is 21.2. The molecule has 1 atom stereocenters. The number of aliphatic hydroxyl groups excluding tert-OH is 1.